The summed E-state index contributed by atoms with van der Waals surface area (Å²) >= 11 is 0. The summed E-state index contributed by atoms with van der Waals surface area (Å²) in [7, 11) is 1.68. The van der Waals surface area contributed by atoms with E-state index in [0.29, 0.717) is 5.92 Å². The van der Waals surface area contributed by atoms with Crippen molar-refractivity contribution in [2.45, 2.75) is 31.7 Å². The first-order valence-electron chi connectivity index (χ1n) is 6.80. The molecular formula is C15H22N2O2. The van der Waals surface area contributed by atoms with E-state index in [1.54, 1.807) is 14.0 Å². The van der Waals surface area contributed by atoms with Crippen LogP contribution in [-0.2, 0) is 4.79 Å². The van der Waals surface area contributed by atoms with Gasteiger partial charge in [0.25, 0.3) is 0 Å². The fourth-order valence-corrected chi connectivity index (χ4v) is 2.62. The first-order valence-corrected chi connectivity index (χ1v) is 6.80. The van der Waals surface area contributed by atoms with Crippen molar-refractivity contribution in [2.24, 2.45) is 5.73 Å². The van der Waals surface area contributed by atoms with E-state index in [2.05, 4.69) is 12.1 Å². The zero-order valence-electron chi connectivity index (χ0n) is 11.6. The summed E-state index contributed by atoms with van der Waals surface area (Å²) in [4.78, 5) is 13.7. The number of carbonyl (C=O) groups excluding carboxylic acids is 1. The van der Waals surface area contributed by atoms with E-state index in [-0.39, 0.29) is 5.91 Å². The van der Waals surface area contributed by atoms with E-state index in [0.717, 1.165) is 31.7 Å². The molecule has 0 aliphatic carbocycles. The minimum Gasteiger partial charge on any atom is -0.497 e. The van der Waals surface area contributed by atoms with Crippen LogP contribution in [0.4, 0.5) is 0 Å². The minimum atomic E-state index is -0.395. The van der Waals surface area contributed by atoms with Crippen LogP contribution in [0.15, 0.2) is 24.3 Å². The maximum Gasteiger partial charge on any atom is 0.239 e. The standard InChI is InChI=1S/C15H22N2O2/c1-11(16)15(18)17-8-6-12(7-9-17)13-4-3-5-14(10-13)19-2/h3-5,10-12H,6-9,16H2,1-2H3/t11-/m1/s1. The van der Waals surface area contributed by atoms with Gasteiger partial charge in [0.2, 0.25) is 5.91 Å². The Kier molecular flexibility index (Phi) is 4.43. The molecule has 0 radical (unpaired) electrons. The quantitative estimate of drug-likeness (QED) is 0.903. The fraction of sp³-hybridized carbons (Fsp3) is 0.533. The second-order valence-electron chi connectivity index (χ2n) is 5.16. The predicted octanol–water partition coefficient (Wildman–Crippen LogP) is 1.75. The van der Waals surface area contributed by atoms with E-state index >= 15 is 0 Å². The van der Waals surface area contributed by atoms with Gasteiger partial charge < -0.3 is 15.4 Å². The van der Waals surface area contributed by atoms with E-state index < -0.39 is 6.04 Å². The molecule has 4 heteroatoms. The molecule has 1 fully saturated rings. The molecule has 4 nitrogen and oxygen atoms in total. The van der Waals surface area contributed by atoms with Crippen LogP contribution in [0.1, 0.15) is 31.2 Å². The highest BCUT2D eigenvalue weighted by Gasteiger charge is 2.25. The summed E-state index contributed by atoms with van der Waals surface area (Å²) in [5, 5.41) is 0. The van der Waals surface area contributed by atoms with Crippen molar-refractivity contribution in [1.29, 1.82) is 0 Å². The molecule has 1 atom stereocenters. The zero-order chi connectivity index (χ0) is 13.8. The first-order chi connectivity index (χ1) is 9.11. The van der Waals surface area contributed by atoms with Crippen LogP contribution in [0, 0.1) is 0 Å². The lowest BCUT2D eigenvalue weighted by Crippen LogP contribution is -2.45. The average Bonchev–Trinajstić information content (AvgIpc) is 2.46. The summed E-state index contributed by atoms with van der Waals surface area (Å²) in [5.41, 5.74) is 6.94. The number of ether oxygens (including phenoxy) is 1. The van der Waals surface area contributed by atoms with Crippen molar-refractivity contribution in [1.82, 2.24) is 4.90 Å². The van der Waals surface area contributed by atoms with Crippen molar-refractivity contribution in [3.05, 3.63) is 29.8 Å². The van der Waals surface area contributed by atoms with Gasteiger partial charge in [0, 0.05) is 13.1 Å². The van der Waals surface area contributed by atoms with Gasteiger partial charge >= 0.3 is 0 Å². The number of carbonyl (C=O) groups is 1. The molecule has 2 N–H and O–H groups in total. The Morgan fingerprint density at radius 1 is 1.42 bits per heavy atom. The van der Waals surface area contributed by atoms with Gasteiger partial charge in [-0.3, -0.25) is 4.79 Å². The van der Waals surface area contributed by atoms with Gasteiger partial charge in [-0.05, 0) is 43.4 Å². The topological polar surface area (TPSA) is 55.6 Å². The second kappa shape index (κ2) is 6.06. The molecular weight excluding hydrogens is 240 g/mol. The van der Waals surface area contributed by atoms with Crippen LogP contribution in [0.25, 0.3) is 0 Å². The van der Waals surface area contributed by atoms with E-state index in [4.69, 9.17) is 10.5 Å². The van der Waals surface area contributed by atoms with E-state index in [1.807, 2.05) is 17.0 Å². The molecule has 1 amide bonds. The third-order valence-electron chi connectivity index (χ3n) is 3.76. The average molecular weight is 262 g/mol. The molecule has 1 aliphatic heterocycles. The Morgan fingerprint density at radius 3 is 2.68 bits per heavy atom. The third kappa shape index (κ3) is 3.26. The lowest BCUT2D eigenvalue weighted by molar-refractivity contribution is -0.133. The summed E-state index contributed by atoms with van der Waals surface area (Å²) in [6.45, 7) is 3.33. The number of piperidine rings is 1. The molecule has 1 saturated heterocycles. The number of amides is 1. The first kappa shape index (κ1) is 13.9. The Balaban J connectivity index is 1.97. The normalized spacial score (nSPS) is 18.2. The molecule has 1 aliphatic rings. The maximum absolute atomic E-state index is 11.8. The van der Waals surface area contributed by atoms with Crippen molar-refractivity contribution < 1.29 is 9.53 Å². The van der Waals surface area contributed by atoms with Gasteiger partial charge in [-0.1, -0.05) is 12.1 Å². The van der Waals surface area contributed by atoms with Gasteiger partial charge in [0.15, 0.2) is 0 Å². The van der Waals surface area contributed by atoms with Gasteiger partial charge in [-0.15, -0.1) is 0 Å². The van der Waals surface area contributed by atoms with Crippen LogP contribution in [0.3, 0.4) is 0 Å². The molecule has 1 aromatic rings. The zero-order valence-corrected chi connectivity index (χ0v) is 11.6. The number of rotatable bonds is 3. The molecule has 2 rings (SSSR count). The third-order valence-corrected chi connectivity index (χ3v) is 3.76. The molecule has 1 heterocycles. The lowest BCUT2D eigenvalue weighted by Gasteiger charge is -2.33. The van der Waals surface area contributed by atoms with E-state index in [1.165, 1.54) is 5.56 Å². The predicted molar refractivity (Wildman–Crippen MR) is 75.2 cm³/mol. The number of hydrogen-bond acceptors (Lipinski definition) is 3. The fourth-order valence-electron chi connectivity index (χ4n) is 2.62. The van der Waals surface area contributed by atoms with Gasteiger partial charge in [0.1, 0.15) is 5.75 Å². The monoisotopic (exact) mass is 262 g/mol. The van der Waals surface area contributed by atoms with Crippen LogP contribution in [0.5, 0.6) is 5.75 Å². The highest BCUT2D eigenvalue weighted by atomic mass is 16.5. The Hall–Kier alpha value is -1.55. The summed E-state index contributed by atoms with van der Waals surface area (Å²) in [6, 6.07) is 7.81. The highest BCUT2D eigenvalue weighted by molar-refractivity contribution is 5.81. The van der Waals surface area contributed by atoms with Gasteiger partial charge in [0.05, 0.1) is 13.2 Å². The minimum absolute atomic E-state index is 0.0593. The Bertz CT molecular complexity index is 438. The van der Waals surface area contributed by atoms with Gasteiger partial charge in [-0.2, -0.15) is 0 Å². The number of nitrogens with two attached hydrogens (primary N) is 1. The maximum atomic E-state index is 11.8. The largest absolute Gasteiger partial charge is 0.497 e. The molecule has 0 spiro atoms. The molecule has 0 saturated carbocycles. The number of nitrogens with zero attached hydrogens (tertiary/aromatic N) is 1. The van der Waals surface area contributed by atoms with Crippen molar-refractivity contribution in [2.75, 3.05) is 20.2 Å². The van der Waals surface area contributed by atoms with Gasteiger partial charge in [-0.25, -0.2) is 0 Å². The molecule has 104 valence electrons. The van der Waals surface area contributed by atoms with Crippen LogP contribution < -0.4 is 10.5 Å². The van der Waals surface area contributed by atoms with Crippen LogP contribution >= 0.6 is 0 Å². The Labute approximate surface area is 114 Å². The second-order valence-corrected chi connectivity index (χ2v) is 5.16. The molecule has 0 bridgehead atoms. The number of benzene rings is 1. The van der Waals surface area contributed by atoms with Crippen LogP contribution in [-0.4, -0.2) is 37.0 Å². The molecule has 0 aromatic heterocycles. The van der Waals surface area contributed by atoms with Crippen molar-refractivity contribution in [3.8, 4) is 5.75 Å². The van der Waals surface area contributed by atoms with Crippen molar-refractivity contribution in [3.63, 3.8) is 0 Å². The van der Waals surface area contributed by atoms with E-state index in [9.17, 15) is 4.79 Å². The highest BCUT2D eigenvalue weighted by Crippen LogP contribution is 2.30. The van der Waals surface area contributed by atoms with Crippen molar-refractivity contribution >= 4 is 5.91 Å². The number of likely N-dealkylation sites (tertiary alicyclic amines) is 1. The number of hydrogen-bond donors (Lipinski definition) is 1. The molecule has 1 aromatic carbocycles. The molecule has 19 heavy (non-hydrogen) atoms. The SMILES string of the molecule is COc1cccc(C2CCN(C(=O)[C@@H](C)N)CC2)c1. The van der Waals surface area contributed by atoms with Crippen LogP contribution in [0.2, 0.25) is 0 Å². The Morgan fingerprint density at radius 2 is 2.11 bits per heavy atom. The summed E-state index contributed by atoms with van der Waals surface area (Å²) in [6.07, 6.45) is 1.98. The molecule has 0 unspecified atom stereocenters. The smallest absolute Gasteiger partial charge is 0.239 e. The lowest BCUT2D eigenvalue weighted by atomic mass is 9.89. The number of methoxy groups -OCH3 is 1. The summed E-state index contributed by atoms with van der Waals surface area (Å²) < 4.78 is 5.26. The summed E-state index contributed by atoms with van der Waals surface area (Å²) in [5.74, 6) is 1.46.